The first-order chi connectivity index (χ1) is 8.02. The lowest BCUT2D eigenvalue weighted by atomic mass is 9.84. The Hall–Kier alpha value is -1.16. The van der Waals surface area contributed by atoms with Crippen molar-refractivity contribution in [2.24, 2.45) is 5.92 Å². The highest BCUT2D eigenvalue weighted by atomic mass is 16.5. The zero-order valence-electron chi connectivity index (χ0n) is 10.9. The Morgan fingerprint density at radius 3 is 2.76 bits per heavy atom. The van der Waals surface area contributed by atoms with Crippen LogP contribution in [0.5, 0.6) is 0 Å². The van der Waals surface area contributed by atoms with Crippen LogP contribution in [0.2, 0.25) is 0 Å². The van der Waals surface area contributed by atoms with Crippen molar-refractivity contribution >= 4 is 11.8 Å². The van der Waals surface area contributed by atoms with Crippen molar-refractivity contribution in [2.75, 3.05) is 27.2 Å². The summed E-state index contributed by atoms with van der Waals surface area (Å²) in [5, 5.41) is 0. The monoisotopic (exact) mass is 239 g/mol. The first-order valence-electron chi connectivity index (χ1n) is 6.06. The number of nitrogens with zero attached hydrogens (tertiary/aromatic N) is 1. The van der Waals surface area contributed by atoms with Gasteiger partial charge in [0.05, 0.1) is 6.61 Å². The van der Waals surface area contributed by atoms with Crippen LogP contribution in [-0.4, -0.2) is 43.9 Å². The van der Waals surface area contributed by atoms with E-state index in [0.717, 1.165) is 12.1 Å². The van der Waals surface area contributed by atoms with E-state index in [0.29, 0.717) is 31.7 Å². The van der Waals surface area contributed by atoms with Crippen LogP contribution in [0.3, 0.4) is 0 Å². The van der Waals surface area contributed by atoms with Crippen molar-refractivity contribution in [1.29, 1.82) is 0 Å². The molecule has 0 aromatic rings. The molecule has 0 aromatic heterocycles. The molecule has 0 aliphatic heterocycles. The molecule has 0 bridgehead atoms. The summed E-state index contributed by atoms with van der Waals surface area (Å²) in [6.45, 7) is 2.93. The molecule has 1 atom stereocenters. The highest BCUT2D eigenvalue weighted by Crippen LogP contribution is 2.26. The third-order valence-corrected chi connectivity index (χ3v) is 2.85. The van der Waals surface area contributed by atoms with E-state index in [1.54, 1.807) is 13.0 Å². The minimum atomic E-state index is -0.291. The standard InChI is InChI=1S/C13H21NO3/c1-4-17-13(16)8-10-5-6-12(15)11(7-10)9-14(2)3/h8,11H,4-7,9H2,1-3H3/b10-8-. The maximum Gasteiger partial charge on any atom is 0.330 e. The average molecular weight is 239 g/mol. The molecule has 1 unspecified atom stereocenters. The molecule has 0 heterocycles. The second-order valence-corrected chi connectivity index (χ2v) is 4.68. The van der Waals surface area contributed by atoms with Gasteiger partial charge in [0.15, 0.2) is 0 Å². The Labute approximate surface area is 103 Å². The van der Waals surface area contributed by atoms with Crippen LogP contribution in [0.15, 0.2) is 11.6 Å². The first kappa shape index (κ1) is 13.9. The summed E-state index contributed by atoms with van der Waals surface area (Å²) in [5.41, 5.74) is 1.04. The number of carbonyl (C=O) groups is 2. The van der Waals surface area contributed by atoms with Gasteiger partial charge in [0.1, 0.15) is 5.78 Å². The number of hydrogen-bond donors (Lipinski definition) is 0. The second-order valence-electron chi connectivity index (χ2n) is 4.68. The van der Waals surface area contributed by atoms with Gasteiger partial charge in [-0.25, -0.2) is 4.79 Å². The molecule has 1 fully saturated rings. The van der Waals surface area contributed by atoms with E-state index in [2.05, 4.69) is 0 Å². The molecule has 0 radical (unpaired) electrons. The lowest BCUT2D eigenvalue weighted by molar-refractivity contribution is -0.137. The summed E-state index contributed by atoms with van der Waals surface area (Å²) >= 11 is 0. The molecule has 4 nitrogen and oxygen atoms in total. The SMILES string of the molecule is CCOC(=O)/C=C1/CCC(=O)C(CN(C)C)C1. The van der Waals surface area contributed by atoms with E-state index in [9.17, 15) is 9.59 Å². The predicted molar refractivity (Wildman–Crippen MR) is 65.6 cm³/mol. The summed E-state index contributed by atoms with van der Waals surface area (Å²) in [6, 6.07) is 0. The number of ketones is 1. The Bertz CT molecular complexity index is 321. The fourth-order valence-electron chi connectivity index (χ4n) is 2.11. The Morgan fingerprint density at radius 1 is 1.47 bits per heavy atom. The Morgan fingerprint density at radius 2 is 2.18 bits per heavy atom. The summed E-state index contributed by atoms with van der Waals surface area (Å²) in [5.74, 6) is 0.0413. The predicted octanol–water partition coefficient (Wildman–Crippen LogP) is 1.41. The van der Waals surface area contributed by atoms with E-state index in [1.165, 1.54) is 0 Å². The molecule has 1 rings (SSSR count). The zero-order valence-corrected chi connectivity index (χ0v) is 10.9. The normalized spacial score (nSPS) is 23.2. The van der Waals surface area contributed by atoms with Gasteiger partial charge in [-0.1, -0.05) is 5.57 Å². The topological polar surface area (TPSA) is 46.6 Å². The van der Waals surface area contributed by atoms with E-state index in [1.807, 2.05) is 19.0 Å². The molecule has 0 spiro atoms. The van der Waals surface area contributed by atoms with Crippen LogP contribution in [-0.2, 0) is 14.3 Å². The quantitative estimate of drug-likeness (QED) is 0.549. The Kier molecular flexibility index (Phi) is 5.35. The van der Waals surface area contributed by atoms with Crippen LogP contribution in [0, 0.1) is 5.92 Å². The maximum atomic E-state index is 11.7. The van der Waals surface area contributed by atoms with Crippen LogP contribution in [0.25, 0.3) is 0 Å². The van der Waals surface area contributed by atoms with Gasteiger partial charge in [0.25, 0.3) is 0 Å². The first-order valence-corrected chi connectivity index (χ1v) is 6.06. The molecule has 0 amide bonds. The molecule has 17 heavy (non-hydrogen) atoms. The van der Waals surface area contributed by atoms with Crippen molar-refractivity contribution < 1.29 is 14.3 Å². The largest absolute Gasteiger partial charge is 0.463 e. The van der Waals surface area contributed by atoms with Gasteiger partial charge in [-0.3, -0.25) is 4.79 Å². The third-order valence-electron chi connectivity index (χ3n) is 2.85. The fraction of sp³-hybridized carbons (Fsp3) is 0.692. The maximum absolute atomic E-state index is 11.7. The van der Waals surface area contributed by atoms with Gasteiger partial charge in [0, 0.05) is 25.0 Å². The minimum absolute atomic E-state index is 0.0272. The lowest BCUT2D eigenvalue weighted by Crippen LogP contribution is -2.31. The van der Waals surface area contributed by atoms with Crippen molar-refractivity contribution in [2.45, 2.75) is 26.2 Å². The Balaban J connectivity index is 2.60. The number of esters is 1. The average Bonchev–Trinajstić information content (AvgIpc) is 2.22. The molecular formula is C13H21NO3. The van der Waals surface area contributed by atoms with E-state index >= 15 is 0 Å². The molecular weight excluding hydrogens is 218 g/mol. The molecule has 0 N–H and O–H groups in total. The van der Waals surface area contributed by atoms with E-state index in [-0.39, 0.29) is 11.9 Å². The van der Waals surface area contributed by atoms with E-state index in [4.69, 9.17) is 4.74 Å². The minimum Gasteiger partial charge on any atom is -0.463 e. The van der Waals surface area contributed by atoms with Gasteiger partial charge in [-0.15, -0.1) is 0 Å². The highest BCUT2D eigenvalue weighted by molar-refractivity contribution is 5.86. The number of hydrogen-bond acceptors (Lipinski definition) is 4. The van der Waals surface area contributed by atoms with Crippen molar-refractivity contribution in [3.63, 3.8) is 0 Å². The molecule has 1 aliphatic carbocycles. The molecule has 1 saturated carbocycles. The zero-order chi connectivity index (χ0) is 12.8. The lowest BCUT2D eigenvalue weighted by Gasteiger charge is -2.25. The summed E-state index contributed by atoms with van der Waals surface area (Å²) in [7, 11) is 3.91. The summed E-state index contributed by atoms with van der Waals surface area (Å²) in [4.78, 5) is 25.1. The molecule has 1 aliphatic rings. The molecule has 96 valence electrons. The van der Waals surface area contributed by atoms with Gasteiger partial charge in [-0.05, 0) is 33.9 Å². The highest BCUT2D eigenvalue weighted by Gasteiger charge is 2.25. The van der Waals surface area contributed by atoms with Gasteiger partial charge in [0.2, 0.25) is 0 Å². The van der Waals surface area contributed by atoms with Crippen LogP contribution >= 0.6 is 0 Å². The van der Waals surface area contributed by atoms with E-state index < -0.39 is 0 Å². The van der Waals surface area contributed by atoms with Crippen molar-refractivity contribution in [3.05, 3.63) is 11.6 Å². The number of carbonyl (C=O) groups excluding carboxylic acids is 2. The number of rotatable bonds is 4. The summed E-state index contributed by atoms with van der Waals surface area (Å²) < 4.78 is 4.88. The number of allylic oxidation sites excluding steroid dienone is 1. The fourth-order valence-corrected chi connectivity index (χ4v) is 2.11. The van der Waals surface area contributed by atoms with Gasteiger partial charge >= 0.3 is 5.97 Å². The van der Waals surface area contributed by atoms with Crippen LogP contribution in [0.1, 0.15) is 26.2 Å². The van der Waals surface area contributed by atoms with Crippen molar-refractivity contribution in [1.82, 2.24) is 4.90 Å². The third kappa shape index (κ3) is 4.69. The number of ether oxygens (including phenoxy) is 1. The van der Waals surface area contributed by atoms with Crippen LogP contribution in [0.4, 0.5) is 0 Å². The van der Waals surface area contributed by atoms with Crippen molar-refractivity contribution in [3.8, 4) is 0 Å². The van der Waals surface area contributed by atoms with Gasteiger partial charge < -0.3 is 9.64 Å². The summed E-state index contributed by atoms with van der Waals surface area (Å²) in [6.07, 6.45) is 3.49. The number of Topliss-reactive ketones (excluding diaryl/α,β-unsaturated/α-hetero) is 1. The molecule has 0 saturated heterocycles. The second kappa shape index (κ2) is 6.55. The van der Waals surface area contributed by atoms with Gasteiger partial charge in [-0.2, -0.15) is 0 Å². The molecule has 0 aromatic carbocycles. The molecule has 4 heteroatoms. The van der Waals surface area contributed by atoms with Crippen LogP contribution < -0.4 is 0 Å². The smallest absolute Gasteiger partial charge is 0.330 e.